The van der Waals surface area contributed by atoms with Crippen LogP contribution in [0.25, 0.3) is 11.0 Å². The largest absolute Gasteiger partial charge is 0.323 e. The van der Waals surface area contributed by atoms with Gasteiger partial charge in [0.15, 0.2) is 5.69 Å². The van der Waals surface area contributed by atoms with E-state index in [2.05, 4.69) is 9.97 Å². The summed E-state index contributed by atoms with van der Waals surface area (Å²) in [7, 11) is 0. The maximum Gasteiger partial charge on any atom is 0.323 e. The van der Waals surface area contributed by atoms with E-state index in [1.165, 1.54) is 6.20 Å². The highest BCUT2D eigenvalue weighted by Crippen LogP contribution is 2.08. The number of carbonyl (C=O) groups excluding carboxylic acids is 1. The van der Waals surface area contributed by atoms with Crippen molar-refractivity contribution in [1.82, 2.24) is 15.2 Å². The van der Waals surface area contributed by atoms with Crippen molar-refractivity contribution in [2.24, 2.45) is 0 Å². The summed E-state index contributed by atoms with van der Waals surface area (Å²) < 4.78 is 0. The zero-order valence-electron chi connectivity index (χ0n) is 7.53. The highest BCUT2D eigenvalue weighted by atomic mass is 16.8. The summed E-state index contributed by atoms with van der Waals surface area (Å²) in [6.07, 6.45) is 1.18. The van der Waals surface area contributed by atoms with Crippen LogP contribution in [-0.2, 0) is 0 Å². The number of nitrogens with zero attached hydrogens (tertiary/aromatic N) is 3. The summed E-state index contributed by atoms with van der Waals surface area (Å²) in [5.74, 6) is -1.02. The zero-order chi connectivity index (χ0) is 10.8. The van der Waals surface area contributed by atoms with E-state index in [4.69, 9.17) is 10.4 Å². The Morgan fingerprint density at radius 1 is 1.20 bits per heavy atom. The van der Waals surface area contributed by atoms with E-state index in [-0.39, 0.29) is 5.69 Å². The minimum atomic E-state index is -1.02. The predicted octanol–water partition coefficient (Wildman–Crippen LogP) is 0.850. The van der Waals surface area contributed by atoms with Crippen LogP contribution in [0.4, 0.5) is 0 Å². The van der Waals surface area contributed by atoms with Gasteiger partial charge < -0.3 is 0 Å². The molecule has 76 valence electrons. The third kappa shape index (κ3) is 1.76. The molecule has 15 heavy (non-hydrogen) atoms. The van der Waals surface area contributed by atoms with Crippen molar-refractivity contribution in [3.05, 3.63) is 36.2 Å². The van der Waals surface area contributed by atoms with Gasteiger partial charge in [-0.3, -0.25) is 20.2 Å². The van der Waals surface area contributed by atoms with E-state index in [1.807, 2.05) is 0 Å². The maximum atomic E-state index is 11.1. The van der Waals surface area contributed by atoms with Crippen LogP contribution in [0.2, 0.25) is 0 Å². The molecule has 0 spiro atoms. The van der Waals surface area contributed by atoms with Gasteiger partial charge >= 0.3 is 5.91 Å². The summed E-state index contributed by atoms with van der Waals surface area (Å²) in [5.41, 5.74) is 1.03. The van der Waals surface area contributed by atoms with Gasteiger partial charge in [-0.05, 0) is 12.1 Å². The Morgan fingerprint density at radius 2 is 1.87 bits per heavy atom. The van der Waals surface area contributed by atoms with Crippen molar-refractivity contribution in [2.75, 3.05) is 0 Å². The second-order valence-electron chi connectivity index (χ2n) is 2.84. The van der Waals surface area contributed by atoms with Gasteiger partial charge in [0.25, 0.3) is 0 Å². The molecule has 2 aromatic rings. The first kappa shape index (κ1) is 9.50. The van der Waals surface area contributed by atoms with Crippen LogP contribution in [0, 0.1) is 0 Å². The molecule has 0 saturated heterocycles. The molecule has 6 heteroatoms. The lowest BCUT2D eigenvalue weighted by molar-refractivity contribution is -0.260. The lowest BCUT2D eigenvalue weighted by Gasteiger charge is -2.05. The number of hydroxylamine groups is 2. The number of rotatable bonds is 1. The summed E-state index contributed by atoms with van der Waals surface area (Å²) in [6.45, 7) is 0. The van der Waals surface area contributed by atoms with Crippen LogP contribution in [0.5, 0.6) is 0 Å². The van der Waals surface area contributed by atoms with E-state index < -0.39 is 11.1 Å². The molecule has 0 aliphatic rings. The first-order valence-electron chi connectivity index (χ1n) is 4.12. The molecule has 0 radical (unpaired) electrons. The topological polar surface area (TPSA) is 86.6 Å². The quantitative estimate of drug-likeness (QED) is 0.532. The highest BCUT2D eigenvalue weighted by molar-refractivity contribution is 5.92. The lowest BCUT2D eigenvalue weighted by Crippen LogP contribution is -2.24. The van der Waals surface area contributed by atoms with Crippen LogP contribution in [-0.4, -0.2) is 31.5 Å². The van der Waals surface area contributed by atoms with Gasteiger partial charge in [-0.15, -0.1) is 0 Å². The van der Waals surface area contributed by atoms with Crippen molar-refractivity contribution in [1.29, 1.82) is 0 Å². The minimum absolute atomic E-state index is 0.126. The molecule has 1 aromatic heterocycles. The molecular formula is C9H7N3O3. The number of carbonyl (C=O) groups is 1. The number of para-hydroxylation sites is 2. The average Bonchev–Trinajstić information content (AvgIpc) is 2.27. The fourth-order valence-corrected chi connectivity index (χ4v) is 1.16. The number of aromatic nitrogens is 2. The summed E-state index contributed by atoms with van der Waals surface area (Å²) in [4.78, 5) is 19.0. The van der Waals surface area contributed by atoms with Crippen LogP contribution in [0.3, 0.4) is 0 Å². The molecule has 1 amide bonds. The Morgan fingerprint density at radius 3 is 2.53 bits per heavy atom. The summed E-state index contributed by atoms with van der Waals surface area (Å²) >= 11 is 0. The zero-order valence-corrected chi connectivity index (χ0v) is 7.53. The molecule has 0 aliphatic heterocycles. The van der Waals surface area contributed by atoms with E-state index in [0.717, 1.165) is 0 Å². The van der Waals surface area contributed by atoms with Crippen LogP contribution in [0.15, 0.2) is 30.5 Å². The van der Waals surface area contributed by atoms with Gasteiger partial charge in [0, 0.05) is 0 Å². The van der Waals surface area contributed by atoms with Gasteiger partial charge in [-0.25, -0.2) is 4.98 Å². The first-order chi connectivity index (χ1) is 7.18. The van der Waals surface area contributed by atoms with E-state index in [1.54, 1.807) is 24.3 Å². The summed E-state index contributed by atoms with van der Waals surface area (Å²) in [6, 6.07) is 6.97. The monoisotopic (exact) mass is 205 g/mol. The van der Waals surface area contributed by atoms with E-state index in [0.29, 0.717) is 11.0 Å². The molecule has 1 aromatic carbocycles. The Balaban J connectivity index is 2.52. The lowest BCUT2D eigenvalue weighted by atomic mass is 10.3. The predicted molar refractivity (Wildman–Crippen MR) is 49.3 cm³/mol. The van der Waals surface area contributed by atoms with Gasteiger partial charge in [0.2, 0.25) is 0 Å². The number of fused-ring (bicyclic) bond motifs is 1. The van der Waals surface area contributed by atoms with Gasteiger partial charge in [-0.1, -0.05) is 17.4 Å². The van der Waals surface area contributed by atoms with Crippen molar-refractivity contribution >= 4 is 16.9 Å². The molecule has 0 atom stereocenters. The average molecular weight is 205 g/mol. The van der Waals surface area contributed by atoms with E-state index >= 15 is 0 Å². The SMILES string of the molecule is O=C(c1cnc2ccccc2n1)N(O)O. The molecule has 0 saturated carbocycles. The molecule has 1 heterocycles. The Bertz CT molecular complexity index is 513. The normalized spacial score (nSPS) is 10.3. The van der Waals surface area contributed by atoms with Crippen LogP contribution < -0.4 is 0 Å². The van der Waals surface area contributed by atoms with Gasteiger partial charge in [-0.2, -0.15) is 0 Å². The molecular weight excluding hydrogens is 198 g/mol. The smallest absolute Gasteiger partial charge is 0.262 e. The van der Waals surface area contributed by atoms with Crippen molar-refractivity contribution in [2.45, 2.75) is 0 Å². The maximum absolute atomic E-state index is 11.1. The Labute approximate surface area is 84.3 Å². The van der Waals surface area contributed by atoms with Crippen LogP contribution >= 0.6 is 0 Å². The van der Waals surface area contributed by atoms with Crippen LogP contribution in [0.1, 0.15) is 10.5 Å². The third-order valence-corrected chi connectivity index (χ3v) is 1.85. The molecule has 0 unspecified atom stereocenters. The van der Waals surface area contributed by atoms with Gasteiger partial charge in [0.1, 0.15) is 0 Å². The highest BCUT2D eigenvalue weighted by Gasteiger charge is 2.13. The molecule has 6 nitrogen and oxygen atoms in total. The number of hydrogen-bond donors (Lipinski definition) is 2. The molecule has 0 bridgehead atoms. The third-order valence-electron chi connectivity index (χ3n) is 1.85. The van der Waals surface area contributed by atoms with Gasteiger partial charge in [0.05, 0.1) is 17.2 Å². The summed E-state index contributed by atoms with van der Waals surface area (Å²) in [5, 5.41) is 16.5. The standard InChI is InChI=1S/C9H7N3O3/c13-9(12(14)15)8-5-10-6-3-1-2-4-7(6)11-8/h1-5,14-15H. The molecule has 0 fully saturated rings. The van der Waals surface area contributed by atoms with Crippen molar-refractivity contribution < 1.29 is 15.2 Å². The van der Waals surface area contributed by atoms with E-state index in [9.17, 15) is 4.79 Å². The second kappa shape index (κ2) is 3.60. The molecule has 2 N–H and O–H groups in total. The fourth-order valence-electron chi connectivity index (χ4n) is 1.16. The second-order valence-corrected chi connectivity index (χ2v) is 2.84. The Hall–Kier alpha value is -2.05. The van der Waals surface area contributed by atoms with Crippen molar-refractivity contribution in [3.63, 3.8) is 0 Å². The minimum Gasteiger partial charge on any atom is -0.262 e. The molecule has 0 aliphatic carbocycles. The Kier molecular flexibility index (Phi) is 2.28. The molecule has 2 rings (SSSR count). The number of hydrogen-bond acceptors (Lipinski definition) is 5. The number of amides is 1. The fraction of sp³-hybridized carbons (Fsp3) is 0. The number of benzene rings is 1. The van der Waals surface area contributed by atoms with Crippen molar-refractivity contribution in [3.8, 4) is 0 Å². The first-order valence-corrected chi connectivity index (χ1v) is 4.12.